The van der Waals surface area contributed by atoms with E-state index in [1.165, 1.54) is 43.2 Å². The van der Waals surface area contributed by atoms with Gasteiger partial charge in [-0.15, -0.1) is 0 Å². The Morgan fingerprint density at radius 3 is 1.88 bits per heavy atom. The van der Waals surface area contributed by atoms with E-state index in [0.717, 1.165) is 28.4 Å². The van der Waals surface area contributed by atoms with E-state index in [2.05, 4.69) is 42.2 Å². The van der Waals surface area contributed by atoms with Crippen molar-refractivity contribution in [1.82, 2.24) is 9.29 Å². The quantitative estimate of drug-likeness (QED) is 0.117. The molecule has 0 amide bonds. The van der Waals surface area contributed by atoms with Gasteiger partial charge in [0.25, 0.3) is 0 Å². The summed E-state index contributed by atoms with van der Waals surface area (Å²) >= 11 is 2.10. The van der Waals surface area contributed by atoms with E-state index >= 15 is 0 Å². The van der Waals surface area contributed by atoms with Crippen LogP contribution in [0.4, 0.5) is 7.77 Å². The number of rotatable bonds is 13. The highest BCUT2D eigenvalue weighted by atomic mass is 32.2. The molecule has 0 bridgehead atoms. The van der Waals surface area contributed by atoms with Crippen molar-refractivity contribution in [2.45, 2.75) is 88.7 Å². The highest BCUT2D eigenvalue weighted by Crippen LogP contribution is 2.35. The van der Waals surface area contributed by atoms with E-state index in [1.54, 1.807) is 36.2 Å². The smallest absolute Gasteiger partial charge is 0.0812 e. The number of benzene rings is 3. The molecule has 4 rings (SSSR count). The molecule has 0 fully saturated rings. The van der Waals surface area contributed by atoms with Crippen LogP contribution < -0.4 is 4.72 Å². The average molecular weight is 607 g/mol. The van der Waals surface area contributed by atoms with Crippen LogP contribution in [0.5, 0.6) is 0 Å². The molecular formula is C32H44F2N2OS3. The number of nitrogens with zero attached hydrogens (tertiary/aromatic N) is 1. The Morgan fingerprint density at radius 2 is 1.38 bits per heavy atom. The van der Waals surface area contributed by atoms with Crippen molar-refractivity contribution in [2.75, 3.05) is 12.8 Å². The van der Waals surface area contributed by atoms with Crippen LogP contribution in [0.15, 0.2) is 70.5 Å². The van der Waals surface area contributed by atoms with E-state index in [9.17, 15) is 12.9 Å². The van der Waals surface area contributed by atoms with Crippen molar-refractivity contribution in [3.63, 3.8) is 0 Å². The number of hydrogen-bond acceptors (Lipinski definition) is 5. The standard InChI is InChI=1S/C16H15F2NOS2.C14H23NS.C2H6/c1-2-10(20)9-19-15-5-3-11(21-17)7-13(15)14-8-12(22-18)4-6-16(14)19;1-13-8-10-14(11-9-13)7-5-3-4-6-12-15-16-2;1-2/h3-8,10,20H,2,9H2,1H3;8-11,15H,3-7,12H2,1-2H3;1-2H3. The maximum absolute atomic E-state index is 12.9. The molecular weight excluding hydrogens is 563 g/mol. The van der Waals surface area contributed by atoms with Gasteiger partial charge in [-0.05, 0) is 80.8 Å². The third kappa shape index (κ3) is 10.6. The molecule has 4 aromatic rings. The third-order valence-electron chi connectivity index (χ3n) is 6.61. The molecule has 1 unspecified atom stereocenters. The van der Waals surface area contributed by atoms with Crippen LogP contribution in [-0.4, -0.2) is 28.6 Å². The number of fused-ring (bicyclic) bond motifs is 3. The zero-order valence-corrected chi connectivity index (χ0v) is 26.8. The summed E-state index contributed by atoms with van der Waals surface area (Å²) in [7, 11) is 0. The predicted molar refractivity (Wildman–Crippen MR) is 176 cm³/mol. The van der Waals surface area contributed by atoms with Gasteiger partial charge in [0.1, 0.15) is 0 Å². The minimum Gasteiger partial charge on any atom is -0.391 e. The van der Waals surface area contributed by atoms with Gasteiger partial charge in [0, 0.05) is 44.7 Å². The maximum atomic E-state index is 12.9. The first kappa shape index (κ1) is 34.5. The lowest BCUT2D eigenvalue weighted by Crippen LogP contribution is -2.14. The van der Waals surface area contributed by atoms with Gasteiger partial charge in [-0.2, -0.15) is 7.77 Å². The molecule has 0 spiro atoms. The third-order valence-corrected chi connectivity index (χ3v) is 7.97. The van der Waals surface area contributed by atoms with Crippen molar-refractivity contribution in [1.29, 1.82) is 0 Å². The first-order chi connectivity index (χ1) is 19.5. The van der Waals surface area contributed by atoms with Gasteiger partial charge in [-0.1, -0.05) is 75.4 Å². The second kappa shape index (κ2) is 19.4. The molecule has 1 aromatic heterocycles. The molecule has 40 heavy (non-hydrogen) atoms. The normalized spacial score (nSPS) is 11.6. The van der Waals surface area contributed by atoms with Crippen molar-refractivity contribution in [3.05, 3.63) is 71.8 Å². The molecule has 0 radical (unpaired) electrons. The molecule has 0 saturated carbocycles. The van der Waals surface area contributed by atoms with Crippen LogP contribution in [0.25, 0.3) is 21.8 Å². The second-order valence-corrected chi connectivity index (χ2v) is 11.4. The number of aliphatic hydroxyl groups excluding tert-OH is 1. The molecule has 3 aromatic carbocycles. The topological polar surface area (TPSA) is 37.2 Å². The first-order valence-corrected chi connectivity index (χ1v) is 16.8. The van der Waals surface area contributed by atoms with Gasteiger partial charge in [0.05, 0.1) is 30.4 Å². The summed E-state index contributed by atoms with van der Waals surface area (Å²) in [5.74, 6) is 0. The second-order valence-electron chi connectivity index (χ2n) is 9.43. The molecule has 3 nitrogen and oxygen atoms in total. The minimum atomic E-state index is -0.454. The van der Waals surface area contributed by atoms with E-state index in [1.807, 2.05) is 37.5 Å². The number of nitrogens with one attached hydrogen (secondary N) is 1. The summed E-state index contributed by atoms with van der Waals surface area (Å²) in [6.45, 7) is 9.67. The van der Waals surface area contributed by atoms with Crippen molar-refractivity contribution in [2.24, 2.45) is 0 Å². The molecule has 220 valence electrons. The summed E-state index contributed by atoms with van der Waals surface area (Å²) in [4.78, 5) is 1.03. The van der Waals surface area contributed by atoms with E-state index in [-0.39, 0.29) is 24.3 Å². The maximum Gasteiger partial charge on any atom is 0.0812 e. The van der Waals surface area contributed by atoms with E-state index in [4.69, 9.17) is 0 Å². The Kier molecular flexibility index (Phi) is 16.7. The minimum absolute atomic E-state index is 0.192. The molecule has 2 N–H and O–H groups in total. The number of hydrogen-bond donors (Lipinski definition) is 2. The number of unbranched alkanes of at least 4 members (excludes halogenated alkanes) is 3. The lowest BCUT2D eigenvalue weighted by atomic mass is 10.1. The van der Waals surface area contributed by atoms with E-state index < -0.39 is 6.10 Å². The number of aryl methyl sites for hydroxylation is 2. The fraction of sp³-hybridized carbons (Fsp3) is 0.438. The first-order valence-electron chi connectivity index (χ1n) is 14.1. The fourth-order valence-electron chi connectivity index (χ4n) is 4.43. The van der Waals surface area contributed by atoms with Crippen LogP contribution in [-0.2, 0) is 13.0 Å². The van der Waals surface area contributed by atoms with Gasteiger partial charge >= 0.3 is 0 Å². The molecule has 8 heteroatoms. The Hall–Kier alpha value is -1.71. The zero-order chi connectivity index (χ0) is 29.3. The predicted octanol–water partition coefficient (Wildman–Crippen LogP) is 10.5. The Labute approximate surface area is 252 Å². The number of aromatic nitrogens is 1. The molecule has 0 aliphatic heterocycles. The monoisotopic (exact) mass is 606 g/mol. The largest absolute Gasteiger partial charge is 0.391 e. The van der Waals surface area contributed by atoms with Gasteiger partial charge in [0.2, 0.25) is 0 Å². The average Bonchev–Trinajstić information content (AvgIpc) is 3.30. The van der Waals surface area contributed by atoms with Crippen molar-refractivity contribution >= 4 is 58.0 Å². The summed E-state index contributed by atoms with van der Waals surface area (Å²) < 4.78 is 31.0. The molecule has 0 aliphatic rings. The summed E-state index contributed by atoms with van der Waals surface area (Å²) in [5, 5.41) is 11.7. The molecule has 1 heterocycles. The Morgan fingerprint density at radius 1 is 0.825 bits per heavy atom. The fourth-order valence-corrected chi connectivity index (χ4v) is 5.34. The number of halogens is 2. The Balaban J connectivity index is 0.000000277. The number of aliphatic hydroxyl groups is 1. The van der Waals surface area contributed by atoms with Gasteiger partial charge in [-0.3, -0.25) is 4.72 Å². The lowest BCUT2D eigenvalue weighted by Gasteiger charge is -2.12. The van der Waals surface area contributed by atoms with Crippen LogP contribution in [0, 0.1) is 6.92 Å². The van der Waals surface area contributed by atoms with Crippen LogP contribution in [0.1, 0.15) is 64.0 Å². The van der Waals surface area contributed by atoms with Crippen molar-refractivity contribution < 1.29 is 12.9 Å². The lowest BCUT2D eigenvalue weighted by molar-refractivity contribution is 0.153. The molecule has 0 aliphatic carbocycles. The molecule has 1 atom stereocenters. The summed E-state index contributed by atoms with van der Waals surface area (Å²) in [5.41, 5.74) is 4.67. The van der Waals surface area contributed by atoms with Crippen LogP contribution in [0.2, 0.25) is 0 Å². The summed E-state index contributed by atoms with van der Waals surface area (Å²) in [6.07, 6.45) is 8.83. The molecule has 0 saturated heterocycles. The van der Waals surface area contributed by atoms with Gasteiger partial charge < -0.3 is 9.67 Å². The highest BCUT2D eigenvalue weighted by molar-refractivity contribution is 7.96. The summed E-state index contributed by atoms with van der Waals surface area (Å²) in [6, 6.07) is 19.6. The Bertz CT molecular complexity index is 1200. The highest BCUT2D eigenvalue weighted by Gasteiger charge is 2.14. The van der Waals surface area contributed by atoms with Crippen molar-refractivity contribution in [3.8, 4) is 0 Å². The SMILES string of the molecule is CC.CCC(O)Cn1c2ccc(SF)cc2c2cc(SF)ccc21.CSNCCCCCCc1ccc(C)cc1. The van der Waals surface area contributed by atoms with Crippen LogP contribution >= 0.6 is 36.2 Å². The van der Waals surface area contributed by atoms with Gasteiger partial charge in [0.15, 0.2) is 0 Å². The van der Waals surface area contributed by atoms with Gasteiger partial charge in [-0.25, -0.2) is 0 Å². The van der Waals surface area contributed by atoms with Crippen LogP contribution in [0.3, 0.4) is 0 Å². The van der Waals surface area contributed by atoms with E-state index in [0.29, 0.717) is 22.8 Å². The zero-order valence-electron chi connectivity index (χ0n) is 24.4.